The van der Waals surface area contributed by atoms with Crippen LogP contribution in [0.3, 0.4) is 0 Å². The summed E-state index contributed by atoms with van der Waals surface area (Å²) in [4.78, 5) is 30.7. The van der Waals surface area contributed by atoms with Crippen molar-refractivity contribution in [2.75, 3.05) is 36.0 Å². The van der Waals surface area contributed by atoms with Crippen molar-refractivity contribution in [1.29, 1.82) is 0 Å². The number of carbonyl (C=O) groups is 2. The van der Waals surface area contributed by atoms with Gasteiger partial charge in [-0.05, 0) is 42.8 Å². The van der Waals surface area contributed by atoms with Crippen molar-refractivity contribution < 1.29 is 19.9 Å². The summed E-state index contributed by atoms with van der Waals surface area (Å²) >= 11 is 0. The van der Waals surface area contributed by atoms with E-state index in [-0.39, 0.29) is 12.5 Å². The van der Waals surface area contributed by atoms with Crippen LogP contribution in [0.2, 0.25) is 0 Å². The Bertz CT molecular complexity index is 926. The van der Waals surface area contributed by atoms with Gasteiger partial charge in [-0.15, -0.1) is 0 Å². The third-order valence-electron chi connectivity index (χ3n) is 5.86. The monoisotopic (exact) mass is 410 g/mol. The average molecular weight is 410 g/mol. The van der Waals surface area contributed by atoms with Gasteiger partial charge in [0.1, 0.15) is 6.04 Å². The lowest BCUT2D eigenvalue weighted by Gasteiger charge is -2.37. The molecule has 3 N–H and O–H groups in total. The van der Waals surface area contributed by atoms with Crippen LogP contribution in [0.5, 0.6) is 0 Å². The number of hydrogen-bond acceptors (Lipinski definition) is 6. The lowest BCUT2D eigenvalue weighted by Crippen LogP contribution is -2.52. The normalized spacial score (nSPS) is 18.2. The van der Waals surface area contributed by atoms with Gasteiger partial charge in [0, 0.05) is 49.7 Å². The van der Waals surface area contributed by atoms with Crippen LogP contribution >= 0.6 is 0 Å². The molecule has 2 amide bonds. The maximum Gasteiger partial charge on any atom is 0.268 e. The van der Waals surface area contributed by atoms with Gasteiger partial charge in [-0.3, -0.25) is 14.8 Å². The van der Waals surface area contributed by atoms with Crippen molar-refractivity contribution in [3.8, 4) is 0 Å². The van der Waals surface area contributed by atoms with Crippen LogP contribution < -0.4 is 15.3 Å². The number of hydroxylamine groups is 1. The summed E-state index contributed by atoms with van der Waals surface area (Å²) < 4.78 is 0. The zero-order chi connectivity index (χ0) is 21.3. The molecule has 2 heterocycles. The van der Waals surface area contributed by atoms with E-state index in [2.05, 4.69) is 21.9 Å². The maximum absolute atomic E-state index is 12.8. The van der Waals surface area contributed by atoms with E-state index in [0.717, 1.165) is 37.4 Å². The van der Waals surface area contributed by atoms with E-state index in [0.29, 0.717) is 5.56 Å². The van der Waals surface area contributed by atoms with Crippen LogP contribution in [0, 0.1) is 0 Å². The smallest absolute Gasteiger partial charge is 0.268 e. The standard InChI is InChI=1S/C22H26N4O4/c1-15(27)20(21(28)23-30)26-14-16-13-18(7-8-19(16)22(26)29)25-11-9-24(10-12-25)17-5-3-2-4-6-17/h2-8,13,15,20,27,30H,9-12,14H2,1H3,(H,23,28). The first-order valence-corrected chi connectivity index (χ1v) is 10.1. The van der Waals surface area contributed by atoms with Gasteiger partial charge in [0.05, 0.1) is 6.10 Å². The van der Waals surface area contributed by atoms with Crippen LogP contribution in [0.1, 0.15) is 22.8 Å². The minimum Gasteiger partial charge on any atom is -0.391 e. The van der Waals surface area contributed by atoms with Gasteiger partial charge in [0.15, 0.2) is 0 Å². The number of piperazine rings is 1. The molecule has 0 aromatic heterocycles. The van der Waals surface area contributed by atoms with E-state index >= 15 is 0 Å². The van der Waals surface area contributed by atoms with Gasteiger partial charge >= 0.3 is 0 Å². The first kappa shape index (κ1) is 20.2. The molecule has 30 heavy (non-hydrogen) atoms. The Morgan fingerprint density at radius 3 is 2.23 bits per heavy atom. The second-order valence-electron chi connectivity index (χ2n) is 7.75. The zero-order valence-electron chi connectivity index (χ0n) is 16.9. The second kappa shape index (κ2) is 8.33. The van der Waals surface area contributed by atoms with Crippen molar-refractivity contribution in [1.82, 2.24) is 10.4 Å². The Morgan fingerprint density at radius 2 is 1.63 bits per heavy atom. The Kier molecular flexibility index (Phi) is 5.61. The predicted molar refractivity (Wildman–Crippen MR) is 113 cm³/mol. The fraction of sp³-hybridized carbons (Fsp3) is 0.364. The number of para-hydroxylation sites is 1. The highest BCUT2D eigenvalue weighted by Crippen LogP contribution is 2.30. The summed E-state index contributed by atoms with van der Waals surface area (Å²) in [7, 11) is 0. The summed E-state index contributed by atoms with van der Waals surface area (Å²) in [5.74, 6) is -1.12. The molecule has 2 aliphatic rings. The topological polar surface area (TPSA) is 96.3 Å². The van der Waals surface area contributed by atoms with E-state index < -0.39 is 18.1 Å². The predicted octanol–water partition coefficient (Wildman–Crippen LogP) is 1.22. The number of aliphatic hydroxyl groups is 1. The first-order chi connectivity index (χ1) is 14.5. The fourth-order valence-electron chi connectivity index (χ4n) is 4.30. The molecule has 2 aromatic rings. The largest absolute Gasteiger partial charge is 0.391 e. The number of hydrogen-bond donors (Lipinski definition) is 3. The average Bonchev–Trinajstić information content (AvgIpc) is 3.09. The van der Waals surface area contributed by atoms with Crippen molar-refractivity contribution in [2.45, 2.75) is 25.6 Å². The van der Waals surface area contributed by atoms with E-state index in [9.17, 15) is 14.7 Å². The Balaban J connectivity index is 1.48. The number of aliphatic hydroxyl groups excluding tert-OH is 1. The molecule has 2 unspecified atom stereocenters. The van der Waals surface area contributed by atoms with Gasteiger partial charge in [-0.2, -0.15) is 0 Å². The molecule has 1 saturated heterocycles. The molecule has 2 aliphatic heterocycles. The maximum atomic E-state index is 12.8. The number of anilines is 2. The number of benzene rings is 2. The molecule has 0 spiro atoms. The minimum absolute atomic E-state index is 0.217. The lowest BCUT2D eigenvalue weighted by atomic mass is 10.1. The number of nitrogens with zero attached hydrogens (tertiary/aromatic N) is 3. The van der Waals surface area contributed by atoms with Gasteiger partial charge < -0.3 is 19.8 Å². The highest BCUT2D eigenvalue weighted by molar-refractivity contribution is 6.01. The Hall–Kier alpha value is -3.10. The molecule has 0 saturated carbocycles. The quantitative estimate of drug-likeness (QED) is 0.507. The third-order valence-corrected chi connectivity index (χ3v) is 5.86. The van der Waals surface area contributed by atoms with Crippen LogP contribution in [0.25, 0.3) is 0 Å². The van der Waals surface area contributed by atoms with E-state index in [4.69, 9.17) is 5.21 Å². The molecule has 0 aliphatic carbocycles. The van der Waals surface area contributed by atoms with Crippen LogP contribution in [-0.4, -0.2) is 65.4 Å². The third kappa shape index (κ3) is 3.71. The van der Waals surface area contributed by atoms with Crippen LogP contribution in [0.4, 0.5) is 11.4 Å². The number of carbonyl (C=O) groups excluding carboxylic acids is 2. The van der Waals surface area contributed by atoms with Crippen molar-refractivity contribution >= 4 is 23.2 Å². The van der Waals surface area contributed by atoms with Gasteiger partial charge in [-0.1, -0.05) is 18.2 Å². The zero-order valence-corrected chi connectivity index (χ0v) is 16.9. The van der Waals surface area contributed by atoms with Crippen molar-refractivity contribution in [3.05, 3.63) is 59.7 Å². The molecule has 0 radical (unpaired) electrons. The Morgan fingerprint density at radius 1 is 1.00 bits per heavy atom. The van der Waals surface area contributed by atoms with E-state index in [1.54, 1.807) is 11.5 Å². The molecule has 8 heteroatoms. The molecule has 4 rings (SSSR count). The molecule has 158 valence electrons. The summed E-state index contributed by atoms with van der Waals surface area (Å²) in [6.07, 6.45) is -1.11. The molecule has 2 aromatic carbocycles. The highest BCUT2D eigenvalue weighted by Gasteiger charge is 2.39. The van der Waals surface area contributed by atoms with Gasteiger partial charge in [0.2, 0.25) is 0 Å². The first-order valence-electron chi connectivity index (χ1n) is 10.1. The van der Waals surface area contributed by atoms with Crippen LogP contribution in [0.15, 0.2) is 48.5 Å². The number of rotatable bonds is 5. The van der Waals surface area contributed by atoms with Gasteiger partial charge in [0.25, 0.3) is 11.8 Å². The molecule has 8 nitrogen and oxygen atoms in total. The SMILES string of the molecule is CC(O)C(C(=O)NO)N1Cc2cc(N3CCN(c4ccccc4)CC3)ccc2C1=O. The molecule has 0 bridgehead atoms. The summed E-state index contributed by atoms with van der Waals surface area (Å²) in [6, 6.07) is 14.9. The van der Waals surface area contributed by atoms with Gasteiger partial charge in [-0.25, -0.2) is 5.48 Å². The molecule has 2 atom stereocenters. The number of nitrogens with one attached hydrogen (secondary N) is 1. The van der Waals surface area contributed by atoms with Crippen molar-refractivity contribution in [3.63, 3.8) is 0 Å². The number of fused-ring (bicyclic) bond motifs is 1. The molecule has 1 fully saturated rings. The van der Waals surface area contributed by atoms with Crippen LogP contribution in [-0.2, 0) is 11.3 Å². The van der Waals surface area contributed by atoms with Crippen molar-refractivity contribution in [2.24, 2.45) is 0 Å². The fourth-order valence-corrected chi connectivity index (χ4v) is 4.30. The highest BCUT2D eigenvalue weighted by atomic mass is 16.5. The number of amides is 2. The minimum atomic E-state index is -1.15. The summed E-state index contributed by atoms with van der Waals surface area (Å²) in [5.41, 5.74) is 5.15. The molecular weight excluding hydrogens is 384 g/mol. The Labute approximate surface area is 175 Å². The molecular formula is C22H26N4O4. The van der Waals surface area contributed by atoms with E-state index in [1.807, 2.05) is 30.3 Å². The lowest BCUT2D eigenvalue weighted by molar-refractivity contribution is -0.137. The second-order valence-corrected chi connectivity index (χ2v) is 7.75. The van der Waals surface area contributed by atoms with E-state index in [1.165, 1.54) is 17.5 Å². The summed E-state index contributed by atoms with van der Waals surface area (Å²) in [5, 5.41) is 18.9. The summed E-state index contributed by atoms with van der Waals surface area (Å²) in [6.45, 7) is 5.20.